The van der Waals surface area contributed by atoms with Crippen LogP contribution in [0.5, 0.6) is 0 Å². The van der Waals surface area contributed by atoms with Crippen molar-refractivity contribution in [1.82, 2.24) is 24.7 Å². The summed E-state index contributed by atoms with van der Waals surface area (Å²) in [6, 6.07) is 15.9. The number of para-hydroxylation sites is 2. The van der Waals surface area contributed by atoms with E-state index in [1.54, 1.807) is 7.05 Å². The summed E-state index contributed by atoms with van der Waals surface area (Å²) in [5.41, 5.74) is 2.45. The summed E-state index contributed by atoms with van der Waals surface area (Å²) < 4.78 is 2.89. The van der Waals surface area contributed by atoms with E-state index in [4.69, 9.17) is 4.98 Å². The lowest BCUT2D eigenvalue weighted by Gasteiger charge is -2.43. The van der Waals surface area contributed by atoms with Gasteiger partial charge in [0.05, 0.1) is 23.0 Å². The van der Waals surface area contributed by atoms with Crippen LogP contribution >= 0.6 is 27.7 Å². The van der Waals surface area contributed by atoms with Crippen LogP contribution in [0.3, 0.4) is 0 Å². The first-order valence-electron chi connectivity index (χ1n) is 12.7. The first-order valence-corrected chi connectivity index (χ1v) is 14.5. The number of nitrogens with one attached hydrogen (secondary N) is 1. The van der Waals surface area contributed by atoms with Gasteiger partial charge in [-0.1, -0.05) is 40.2 Å². The Bertz CT molecular complexity index is 1310. The molecular weight excluding hydrogens is 550 g/mol. The number of halogens is 1. The maximum Gasteiger partial charge on any atom is 0.241 e. The van der Waals surface area contributed by atoms with Gasteiger partial charge in [0, 0.05) is 42.3 Å². The highest BCUT2D eigenvalue weighted by Crippen LogP contribution is 2.42. The number of rotatable bonds is 5. The highest BCUT2D eigenvalue weighted by atomic mass is 79.9. The predicted octanol–water partition coefficient (Wildman–Crippen LogP) is 4.30. The average molecular weight is 585 g/mol. The molecule has 2 saturated heterocycles. The Labute approximate surface area is 231 Å². The van der Waals surface area contributed by atoms with Crippen molar-refractivity contribution >= 4 is 50.5 Å². The molecule has 2 aliphatic rings. The van der Waals surface area contributed by atoms with Crippen molar-refractivity contribution in [1.29, 1.82) is 0 Å². The minimum atomic E-state index is -0.626. The lowest BCUT2D eigenvalue weighted by atomic mass is 9.72. The lowest BCUT2D eigenvalue weighted by molar-refractivity contribution is -0.141. The predicted molar refractivity (Wildman–Crippen MR) is 152 cm³/mol. The monoisotopic (exact) mass is 583 g/mol. The van der Waals surface area contributed by atoms with Gasteiger partial charge in [0.1, 0.15) is 11.9 Å². The Morgan fingerprint density at radius 2 is 1.78 bits per heavy atom. The van der Waals surface area contributed by atoms with Crippen LogP contribution in [-0.2, 0) is 28.6 Å². The van der Waals surface area contributed by atoms with E-state index >= 15 is 0 Å². The topological polar surface area (TPSA) is 70.5 Å². The number of likely N-dealkylation sites (tertiary alicyclic amines) is 1. The SMILES string of the molecule is CNC(=O)C1(c2ccc(Br)cc2)CCN(C(=O)[C@@H]2N(Cc3nc4ccccc4n3C)CSC2(C)C)CC1. The first-order chi connectivity index (χ1) is 17.7. The molecule has 5 rings (SSSR count). The molecule has 0 saturated carbocycles. The van der Waals surface area contributed by atoms with Crippen molar-refractivity contribution in [2.24, 2.45) is 7.05 Å². The molecule has 1 aromatic heterocycles. The third-order valence-corrected chi connectivity index (χ3v) is 10.0. The van der Waals surface area contributed by atoms with Gasteiger partial charge >= 0.3 is 0 Å². The lowest BCUT2D eigenvalue weighted by Crippen LogP contribution is -2.57. The summed E-state index contributed by atoms with van der Waals surface area (Å²) in [5.74, 6) is 1.91. The number of benzene rings is 2. The van der Waals surface area contributed by atoms with Crippen LogP contribution in [0.4, 0.5) is 0 Å². The number of amides is 2. The quantitative estimate of drug-likeness (QED) is 0.485. The fourth-order valence-electron chi connectivity index (χ4n) is 5.89. The Balaban J connectivity index is 1.36. The van der Waals surface area contributed by atoms with Crippen LogP contribution in [0.2, 0.25) is 0 Å². The van der Waals surface area contributed by atoms with Crippen molar-refractivity contribution in [3.05, 3.63) is 64.4 Å². The molecule has 0 unspecified atom stereocenters. The maximum absolute atomic E-state index is 14.0. The van der Waals surface area contributed by atoms with Crippen molar-refractivity contribution in [3.63, 3.8) is 0 Å². The molecule has 196 valence electrons. The number of piperidine rings is 1. The van der Waals surface area contributed by atoms with Gasteiger partial charge in [-0.2, -0.15) is 0 Å². The van der Waals surface area contributed by atoms with Gasteiger partial charge in [0.25, 0.3) is 0 Å². The summed E-state index contributed by atoms with van der Waals surface area (Å²) in [7, 11) is 3.73. The number of carbonyl (C=O) groups is 2. The number of aromatic nitrogens is 2. The van der Waals surface area contributed by atoms with E-state index in [0.717, 1.165) is 32.8 Å². The zero-order valence-corrected chi connectivity index (χ0v) is 24.2. The zero-order chi connectivity index (χ0) is 26.4. The third-order valence-electron chi connectivity index (χ3n) is 8.07. The molecule has 0 spiro atoms. The molecule has 2 aromatic carbocycles. The van der Waals surface area contributed by atoms with Gasteiger partial charge in [0.2, 0.25) is 11.8 Å². The highest BCUT2D eigenvalue weighted by Gasteiger charge is 2.50. The fraction of sp³-hybridized carbons (Fsp3) is 0.464. The Morgan fingerprint density at radius 3 is 2.43 bits per heavy atom. The standard InChI is InChI=1S/C28H34BrN5O2S/c1-27(2)24(34(18-37-27)17-23-31-21-7-5-6-8-22(21)32(23)4)25(35)33-15-13-28(14-16-33,26(36)30-3)19-9-11-20(29)12-10-19/h5-12,24H,13-18H2,1-4H3,(H,30,36)/t24-/m0/s1. The van der Waals surface area contributed by atoms with Crippen LogP contribution < -0.4 is 5.32 Å². The van der Waals surface area contributed by atoms with Crippen molar-refractivity contribution in [2.45, 2.75) is 49.4 Å². The van der Waals surface area contributed by atoms with E-state index in [1.165, 1.54) is 0 Å². The molecule has 0 aliphatic carbocycles. The van der Waals surface area contributed by atoms with Gasteiger partial charge in [-0.25, -0.2) is 4.98 Å². The van der Waals surface area contributed by atoms with Crippen LogP contribution in [-0.4, -0.2) is 68.0 Å². The van der Waals surface area contributed by atoms with Crippen LogP contribution in [0, 0.1) is 0 Å². The fourth-order valence-corrected chi connectivity index (χ4v) is 7.30. The van der Waals surface area contributed by atoms with Crippen LogP contribution in [0.15, 0.2) is 53.0 Å². The second kappa shape index (κ2) is 10.1. The molecule has 2 aliphatic heterocycles. The van der Waals surface area contributed by atoms with E-state index in [2.05, 4.69) is 50.6 Å². The number of fused-ring (bicyclic) bond motifs is 1. The Kier molecular flexibility index (Phi) is 7.15. The molecule has 7 nitrogen and oxygen atoms in total. The summed E-state index contributed by atoms with van der Waals surface area (Å²) in [5, 5.41) is 2.88. The van der Waals surface area contributed by atoms with Gasteiger partial charge in [-0.15, -0.1) is 11.8 Å². The van der Waals surface area contributed by atoms with E-state index < -0.39 is 5.41 Å². The summed E-state index contributed by atoms with van der Waals surface area (Å²) >= 11 is 5.31. The molecule has 0 radical (unpaired) electrons. The normalized spacial score (nSPS) is 21.3. The molecule has 3 aromatic rings. The summed E-state index contributed by atoms with van der Waals surface area (Å²) in [6.45, 7) is 6.05. The van der Waals surface area contributed by atoms with Crippen molar-refractivity contribution in [2.75, 3.05) is 26.0 Å². The molecule has 2 fully saturated rings. The van der Waals surface area contributed by atoms with Gasteiger partial charge in [-0.3, -0.25) is 14.5 Å². The van der Waals surface area contributed by atoms with Crippen LogP contribution in [0.25, 0.3) is 11.0 Å². The maximum atomic E-state index is 14.0. The molecule has 0 bridgehead atoms. The van der Waals surface area contributed by atoms with E-state index in [-0.39, 0.29) is 22.6 Å². The first kappa shape index (κ1) is 26.3. The summed E-state index contributed by atoms with van der Waals surface area (Å²) in [4.78, 5) is 36.3. The van der Waals surface area contributed by atoms with Gasteiger partial charge in [-0.05, 0) is 56.5 Å². The number of nitrogens with zero attached hydrogens (tertiary/aromatic N) is 4. The smallest absolute Gasteiger partial charge is 0.241 e. The van der Waals surface area contributed by atoms with E-state index in [0.29, 0.717) is 32.5 Å². The second-order valence-electron chi connectivity index (χ2n) is 10.6. The van der Waals surface area contributed by atoms with E-state index in [9.17, 15) is 9.59 Å². The van der Waals surface area contributed by atoms with E-state index in [1.807, 2.05) is 66.2 Å². The minimum absolute atomic E-state index is 0.0159. The molecule has 2 amide bonds. The largest absolute Gasteiger partial charge is 0.358 e. The number of carbonyl (C=O) groups excluding carboxylic acids is 2. The zero-order valence-electron chi connectivity index (χ0n) is 21.8. The number of hydrogen-bond donors (Lipinski definition) is 1. The van der Waals surface area contributed by atoms with Gasteiger partial charge < -0.3 is 14.8 Å². The molecular formula is C28H34BrN5O2S. The second-order valence-corrected chi connectivity index (χ2v) is 13.1. The van der Waals surface area contributed by atoms with Crippen molar-refractivity contribution < 1.29 is 9.59 Å². The third kappa shape index (κ3) is 4.70. The number of aryl methyl sites for hydroxylation is 1. The molecule has 37 heavy (non-hydrogen) atoms. The molecule has 1 atom stereocenters. The van der Waals surface area contributed by atoms with Crippen LogP contribution in [0.1, 0.15) is 38.1 Å². The number of hydrogen-bond acceptors (Lipinski definition) is 5. The Morgan fingerprint density at radius 1 is 1.11 bits per heavy atom. The molecule has 1 N–H and O–H groups in total. The summed E-state index contributed by atoms with van der Waals surface area (Å²) in [6.07, 6.45) is 1.20. The average Bonchev–Trinajstić information content (AvgIpc) is 3.38. The molecule has 3 heterocycles. The molecule has 9 heteroatoms. The van der Waals surface area contributed by atoms with Gasteiger partial charge in [0.15, 0.2) is 0 Å². The minimum Gasteiger partial charge on any atom is -0.358 e. The number of imidazole rings is 1. The number of thioether (sulfide) groups is 1. The Hall–Kier alpha value is -2.36. The number of likely N-dealkylation sites (N-methyl/N-ethyl adjacent to an activating group) is 1. The highest BCUT2D eigenvalue weighted by molar-refractivity contribution is 9.10. The van der Waals surface area contributed by atoms with Crippen molar-refractivity contribution in [3.8, 4) is 0 Å².